The summed E-state index contributed by atoms with van der Waals surface area (Å²) in [5.74, 6) is 0.0426. The van der Waals surface area contributed by atoms with Gasteiger partial charge in [0.15, 0.2) is 5.76 Å². The van der Waals surface area contributed by atoms with E-state index in [-0.39, 0.29) is 23.5 Å². The van der Waals surface area contributed by atoms with Crippen molar-refractivity contribution in [2.45, 2.75) is 19.4 Å². The van der Waals surface area contributed by atoms with Gasteiger partial charge >= 0.3 is 5.91 Å². The van der Waals surface area contributed by atoms with Crippen molar-refractivity contribution >= 4 is 11.6 Å². The van der Waals surface area contributed by atoms with Gasteiger partial charge in [-0.3, -0.25) is 4.79 Å². The molecule has 2 aromatic carbocycles. The fourth-order valence-corrected chi connectivity index (χ4v) is 3.22. The number of rotatable bonds is 3. The first kappa shape index (κ1) is 16.1. The van der Waals surface area contributed by atoms with Gasteiger partial charge in [-0.25, -0.2) is 5.01 Å². The molecule has 5 heteroatoms. The van der Waals surface area contributed by atoms with Crippen molar-refractivity contribution in [3.63, 3.8) is 0 Å². The van der Waals surface area contributed by atoms with Crippen LogP contribution in [0.15, 0.2) is 76.4 Å². The van der Waals surface area contributed by atoms with Gasteiger partial charge < -0.3 is 9.52 Å². The van der Waals surface area contributed by atoms with E-state index in [1.165, 1.54) is 11.3 Å². The predicted octanol–water partition coefficient (Wildman–Crippen LogP) is 4.29. The lowest BCUT2D eigenvalue weighted by molar-refractivity contribution is 0.0677. The zero-order valence-electron chi connectivity index (χ0n) is 14.3. The van der Waals surface area contributed by atoms with Gasteiger partial charge in [-0.05, 0) is 30.7 Å². The molecule has 1 amide bonds. The van der Waals surface area contributed by atoms with Crippen molar-refractivity contribution in [2.24, 2.45) is 5.10 Å². The van der Waals surface area contributed by atoms with Gasteiger partial charge in [0.05, 0.1) is 18.0 Å². The molecule has 0 bridgehead atoms. The first-order valence-corrected chi connectivity index (χ1v) is 8.43. The van der Waals surface area contributed by atoms with Crippen LogP contribution in [0.25, 0.3) is 0 Å². The van der Waals surface area contributed by atoms with Crippen molar-refractivity contribution in [2.75, 3.05) is 0 Å². The lowest BCUT2D eigenvalue weighted by Crippen LogP contribution is -2.26. The number of aromatic hydroxyl groups is 1. The van der Waals surface area contributed by atoms with E-state index in [9.17, 15) is 9.90 Å². The van der Waals surface area contributed by atoms with Crippen molar-refractivity contribution in [3.05, 3.63) is 89.4 Å². The number of aryl methyl sites for hydroxylation is 1. The van der Waals surface area contributed by atoms with E-state index in [0.29, 0.717) is 12.0 Å². The zero-order valence-corrected chi connectivity index (χ0v) is 14.3. The second-order valence-electron chi connectivity index (χ2n) is 6.32. The molecule has 1 aliphatic heterocycles. The highest BCUT2D eigenvalue weighted by molar-refractivity contribution is 6.04. The van der Waals surface area contributed by atoms with Crippen LogP contribution in [0.2, 0.25) is 0 Å². The summed E-state index contributed by atoms with van der Waals surface area (Å²) in [5, 5.41) is 16.3. The number of amides is 1. The Balaban J connectivity index is 1.76. The van der Waals surface area contributed by atoms with Gasteiger partial charge in [0, 0.05) is 12.0 Å². The lowest BCUT2D eigenvalue weighted by atomic mass is 9.97. The van der Waals surface area contributed by atoms with E-state index in [2.05, 4.69) is 5.10 Å². The van der Waals surface area contributed by atoms with Crippen LogP contribution in [-0.4, -0.2) is 21.7 Å². The van der Waals surface area contributed by atoms with Crippen LogP contribution in [0.5, 0.6) is 5.75 Å². The van der Waals surface area contributed by atoms with Crippen molar-refractivity contribution < 1.29 is 14.3 Å². The highest BCUT2D eigenvalue weighted by Crippen LogP contribution is 2.37. The number of hydrogen-bond acceptors (Lipinski definition) is 4. The maximum atomic E-state index is 12.9. The fourth-order valence-electron chi connectivity index (χ4n) is 3.22. The van der Waals surface area contributed by atoms with Crippen molar-refractivity contribution in [3.8, 4) is 5.75 Å². The molecule has 0 radical (unpaired) electrons. The molecule has 130 valence electrons. The predicted molar refractivity (Wildman–Crippen MR) is 98.1 cm³/mol. The highest BCUT2D eigenvalue weighted by atomic mass is 16.3. The van der Waals surface area contributed by atoms with Gasteiger partial charge in [0.1, 0.15) is 5.75 Å². The first-order valence-electron chi connectivity index (χ1n) is 8.43. The number of furan rings is 1. The molecular formula is C21H18N2O3. The molecule has 3 aromatic rings. The topological polar surface area (TPSA) is 66.0 Å². The molecule has 1 atom stereocenters. The Morgan fingerprint density at radius 2 is 2.00 bits per heavy atom. The second-order valence-corrected chi connectivity index (χ2v) is 6.32. The van der Waals surface area contributed by atoms with Crippen LogP contribution in [0.1, 0.15) is 39.7 Å². The summed E-state index contributed by atoms with van der Waals surface area (Å²) in [6.45, 7) is 2.02. The van der Waals surface area contributed by atoms with Gasteiger partial charge in [-0.2, -0.15) is 5.10 Å². The van der Waals surface area contributed by atoms with Crippen LogP contribution in [-0.2, 0) is 0 Å². The summed E-state index contributed by atoms with van der Waals surface area (Å²) in [7, 11) is 0. The van der Waals surface area contributed by atoms with E-state index < -0.39 is 0 Å². The molecule has 0 spiro atoms. The number of phenols is 1. The summed E-state index contributed by atoms with van der Waals surface area (Å²) >= 11 is 0. The van der Waals surface area contributed by atoms with E-state index in [1.54, 1.807) is 24.3 Å². The van der Waals surface area contributed by atoms with E-state index >= 15 is 0 Å². The molecule has 1 aliphatic rings. The minimum absolute atomic E-state index is 0.149. The highest BCUT2D eigenvalue weighted by Gasteiger charge is 2.35. The summed E-state index contributed by atoms with van der Waals surface area (Å²) < 4.78 is 5.26. The number of carbonyl (C=O) groups is 1. The Kier molecular flexibility index (Phi) is 4.05. The minimum atomic E-state index is -0.385. The number of phenolic OH excluding ortho intramolecular Hbond substituents is 1. The molecule has 0 unspecified atom stereocenters. The average Bonchev–Trinajstić information content (AvgIpc) is 3.32. The Hall–Kier alpha value is -3.34. The Morgan fingerprint density at radius 3 is 2.73 bits per heavy atom. The molecule has 0 fully saturated rings. The van der Waals surface area contributed by atoms with Gasteiger partial charge in [0.25, 0.3) is 0 Å². The van der Waals surface area contributed by atoms with Crippen LogP contribution < -0.4 is 0 Å². The zero-order chi connectivity index (χ0) is 18.1. The maximum absolute atomic E-state index is 12.9. The number of para-hydroxylation sites is 1. The van der Waals surface area contributed by atoms with Crippen LogP contribution >= 0.6 is 0 Å². The second kappa shape index (κ2) is 6.52. The average molecular weight is 346 g/mol. The normalized spacial score (nSPS) is 16.6. The molecule has 1 aromatic heterocycles. The summed E-state index contributed by atoms with van der Waals surface area (Å²) in [4.78, 5) is 12.9. The smallest absolute Gasteiger partial charge is 0.310 e. The van der Waals surface area contributed by atoms with E-state index in [0.717, 1.165) is 16.8 Å². The number of hydrazone groups is 1. The monoisotopic (exact) mass is 346 g/mol. The number of nitrogens with zero attached hydrogens (tertiary/aromatic N) is 2. The molecule has 0 aliphatic carbocycles. The standard InChI is InChI=1S/C21H18N2O3/c1-14-6-4-7-15(12-14)17-13-18(16-8-2-3-9-19(16)24)23(22-17)21(25)20-10-5-11-26-20/h2-12,18,24H,13H2,1H3/t18-/m1/s1. The van der Waals surface area contributed by atoms with E-state index in [4.69, 9.17) is 4.42 Å². The quantitative estimate of drug-likeness (QED) is 0.769. The molecule has 4 rings (SSSR count). The van der Waals surface area contributed by atoms with Gasteiger partial charge in [-0.1, -0.05) is 48.0 Å². The molecule has 5 nitrogen and oxygen atoms in total. The summed E-state index contributed by atoms with van der Waals surface area (Å²) in [6, 6.07) is 18.0. The van der Waals surface area contributed by atoms with Crippen LogP contribution in [0.3, 0.4) is 0 Å². The molecular weight excluding hydrogens is 328 g/mol. The Morgan fingerprint density at radius 1 is 1.15 bits per heavy atom. The van der Waals surface area contributed by atoms with E-state index in [1.807, 2.05) is 43.3 Å². The Labute approximate surface area is 151 Å². The molecule has 1 N–H and O–H groups in total. The van der Waals surface area contributed by atoms with Crippen molar-refractivity contribution in [1.82, 2.24) is 5.01 Å². The summed E-state index contributed by atoms with van der Waals surface area (Å²) in [5.41, 5.74) is 3.57. The van der Waals surface area contributed by atoms with Gasteiger partial charge in [0.2, 0.25) is 0 Å². The maximum Gasteiger partial charge on any atom is 0.310 e. The van der Waals surface area contributed by atoms with Crippen LogP contribution in [0, 0.1) is 6.92 Å². The van der Waals surface area contributed by atoms with Crippen LogP contribution in [0.4, 0.5) is 0 Å². The molecule has 0 saturated carbocycles. The number of carbonyl (C=O) groups excluding carboxylic acids is 1. The number of hydrogen-bond donors (Lipinski definition) is 1. The minimum Gasteiger partial charge on any atom is -0.508 e. The van der Waals surface area contributed by atoms with Crippen molar-refractivity contribution in [1.29, 1.82) is 0 Å². The summed E-state index contributed by atoms with van der Waals surface area (Å²) in [6.07, 6.45) is 1.98. The third-order valence-electron chi connectivity index (χ3n) is 4.50. The third kappa shape index (κ3) is 2.88. The third-order valence-corrected chi connectivity index (χ3v) is 4.50. The first-order chi connectivity index (χ1) is 12.6. The SMILES string of the molecule is Cc1cccc(C2=NN(C(=O)c3ccco3)[C@@H](c3ccccc3O)C2)c1. The largest absolute Gasteiger partial charge is 0.508 e. The molecule has 2 heterocycles. The fraction of sp³-hybridized carbons (Fsp3) is 0.143. The molecule has 0 saturated heterocycles. The number of benzene rings is 2. The Bertz CT molecular complexity index is 976. The van der Waals surface area contributed by atoms with Gasteiger partial charge in [-0.15, -0.1) is 0 Å². The molecule has 26 heavy (non-hydrogen) atoms. The lowest BCUT2D eigenvalue weighted by Gasteiger charge is -2.21.